The molecule has 0 amide bonds. The van der Waals surface area contributed by atoms with E-state index >= 15 is 0 Å². The van der Waals surface area contributed by atoms with Crippen LogP contribution in [-0.2, 0) is 9.53 Å². The van der Waals surface area contributed by atoms with Crippen molar-refractivity contribution in [3.05, 3.63) is 0 Å². The minimum atomic E-state index is -0.103. The van der Waals surface area contributed by atoms with E-state index < -0.39 is 0 Å². The quantitative estimate of drug-likeness (QED) is 0.0638. The van der Waals surface area contributed by atoms with Gasteiger partial charge < -0.3 is 9.84 Å². The number of aliphatic hydroxyl groups is 1. The summed E-state index contributed by atoms with van der Waals surface area (Å²) in [7, 11) is 0. The summed E-state index contributed by atoms with van der Waals surface area (Å²) in [5, 5.41) is 9.60. The normalized spacial score (nSPS) is 18.0. The van der Waals surface area contributed by atoms with Crippen molar-refractivity contribution in [3.63, 3.8) is 0 Å². The molecular formula is C38H74O3. The van der Waals surface area contributed by atoms with Crippen molar-refractivity contribution < 1.29 is 14.6 Å². The summed E-state index contributed by atoms with van der Waals surface area (Å²) in [5.74, 6) is 2.18. The highest BCUT2D eigenvalue weighted by molar-refractivity contribution is 5.72. The van der Waals surface area contributed by atoms with Crippen LogP contribution in [0.5, 0.6) is 0 Å². The molecule has 4 unspecified atom stereocenters. The lowest BCUT2D eigenvalue weighted by Crippen LogP contribution is -2.25. The standard InChI is InChI=1S/C38H74O3/c1-4-7-10-13-17-22-27-34(26-21-12-9-6-3)38(40)41-37(31-32-39)30-25-20-16-15-19-24-29-36-33-35(36)28-23-18-14-11-8-5-2/h34-37,39H,4-33H2,1-3H3. The fourth-order valence-electron chi connectivity index (χ4n) is 6.73. The fourth-order valence-corrected chi connectivity index (χ4v) is 6.73. The van der Waals surface area contributed by atoms with Gasteiger partial charge in [0.2, 0.25) is 0 Å². The molecule has 1 aliphatic carbocycles. The Kier molecular flexibility index (Phi) is 26.5. The zero-order valence-corrected chi connectivity index (χ0v) is 28.3. The highest BCUT2D eigenvalue weighted by atomic mass is 16.5. The maximum absolute atomic E-state index is 13.2. The lowest BCUT2D eigenvalue weighted by molar-refractivity contribution is -0.155. The molecule has 0 saturated heterocycles. The Labute approximate surface area is 257 Å². The van der Waals surface area contributed by atoms with E-state index in [-0.39, 0.29) is 24.6 Å². The predicted octanol–water partition coefficient (Wildman–Crippen LogP) is 12.1. The average Bonchev–Trinajstić information content (AvgIpc) is 3.72. The molecule has 3 nitrogen and oxygen atoms in total. The SMILES string of the molecule is CCCCCCCCC(CCCCCC)C(=O)OC(CCO)CCCCCCCCC1CC1CCCCCCCC. The van der Waals surface area contributed by atoms with Crippen LogP contribution in [0.4, 0.5) is 0 Å². The molecule has 0 aromatic rings. The average molecular weight is 579 g/mol. The van der Waals surface area contributed by atoms with Crippen LogP contribution in [0.2, 0.25) is 0 Å². The van der Waals surface area contributed by atoms with Crippen LogP contribution in [0, 0.1) is 17.8 Å². The smallest absolute Gasteiger partial charge is 0.309 e. The zero-order chi connectivity index (χ0) is 29.8. The van der Waals surface area contributed by atoms with Crippen LogP contribution >= 0.6 is 0 Å². The Morgan fingerprint density at radius 3 is 1.41 bits per heavy atom. The Morgan fingerprint density at radius 1 is 0.561 bits per heavy atom. The van der Waals surface area contributed by atoms with Gasteiger partial charge >= 0.3 is 5.97 Å². The van der Waals surface area contributed by atoms with Crippen molar-refractivity contribution in [1.82, 2.24) is 0 Å². The molecule has 0 radical (unpaired) electrons. The molecule has 0 bridgehead atoms. The zero-order valence-electron chi connectivity index (χ0n) is 28.3. The van der Waals surface area contributed by atoms with E-state index in [1.165, 1.54) is 141 Å². The number of carbonyl (C=O) groups excluding carboxylic acids is 1. The first-order chi connectivity index (χ1) is 20.2. The molecule has 244 valence electrons. The van der Waals surface area contributed by atoms with E-state index in [2.05, 4.69) is 20.8 Å². The first kappa shape index (κ1) is 38.5. The third kappa shape index (κ3) is 22.6. The van der Waals surface area contributed by atoms with Gasteiger partial charge in [-0.2, -0.15) is 0 Å². The summed E-state index contributed by atoms with van der Waals surface area (Å²) < 4.78 is 6.05. The molecule has 0 aromatic carbocycles. The van der Waals surface area contributed by atoms with E-state index in [0.717, 1.165) is 50.4 Å². The monoisotopic (exact) mass is 579 g/mol. The van der Waals surface area contributed by atoms with Crippen LogP contribution in [0.1, 0.15) is 207 Å². The van der Waals surface area contributed by atoms with Crippen LogP contribution in [0.25, 0.3) is 0 Å². The van der Waals surface area contributed by atoms with Crippen LogP contribution in [0.3, 0.4) is 0 Å². The largest absolute Gasteiger partial charge is 0.462 e. The van der Waals surface area contributed by atoms with Crippen LogP contribution in [-0.4, -0.2) is 23.8 Å². The topological polar surface area (TPSA) is 46.5 Å². The molecular weight excluding hydrogens is 504 g/mol. The molecule has 1 aliphatic rings. The summed E-state index contributed by atoms with van der Waals surface area (Å²) in [6.45, 7) is 6.90. The first-order valence-corrected chi connectivity index (χ1v) is 19.0. The number of rotatable bonds is 32. The van der Waals surface area contributed by atoms with E-state index in [1.54, 1.807) is 0 Å². The third-order valence-electron chi connectivity index (χ3n) is 9.73. The van der Waals surface area contributed by atoms with Crippen molar-refractivity contribution >= 4 is 5.97 Å². The number of hydrogen-bond donors (Lipinski definition) is 1. The molecule has 3 heteroatoms. The Morgan fingerprint density at radius 2 is 0.951 bits per heavy atom. The van der Waals surface area contributed by atoms with Crippen LogP contribution < -0.4 is 0 Å². The fraction of sp³-hybridized carbons (Fsp3) is 0.974. The van der Waals surface area contributed by atoms with Gasteiger partial charge in [0.05, 0.1) is 5.92 Å². The van der Waals surface area contributed by atoms with Gasteiger partial charge in [0.1, 0.15) is 6.10 Å². The lowest BCUT2D eigenvalue weighted by Gasteiger charge is -2.22. The van der Waals surface area contributed by atoms with Crippen molar-refractivity contribution in [2.45, 2.75) is 213 Å². The van der Waals surface area contributed by atoms with Gasteiger partial charge in [-0.1, -0.05) is 168 Å². The molecule has 4 atom stereocenters. The molecule has 1 N–H and O–H groups in total. The summed E-state index contributed by atoms with van der Waals surface area (Å²) in [4.78, 5) is 13.2. The summed E-state index contributed by atoms with van der Waals surface area (Å²) in [5.41, 5.74) is 0. The summed E-state index contributed by atoms with van der Waals surface area (Å²) in [6.07, 6.45) is 36.6. The molecule has 41 heavy (non-hydrogen) atoms. The van der Waals surface area contributed by atoms with E-state index in [9.17, 15) is 9.90 Å². The minimum Gasteiger partial charge on any atom is -0.462 e. The number of hydrogen-bond acceptors (Lipinski definition) is 3. The van der Waals surface area contributed by atoms with Gasteiger partial charge in [0, 0.05) is 13.0 Å². The number of ether oxygens (including phenoxy) is 1. The second-order valence-corrected chi connectivity index (χ2v) is 13.7. The lowest BCUT2D eigenvalue weighted by atomic mass is 9.94. The van der Waals surface area contributed by atoms with Gasteiger partial charge in [-0.15, -0.1) is 0 Å². The Bertz CT molecular complexity index is 562. The maximum atomic E-state index is 13.2. The number of unbranched alkanes of at least 4 members (excludes halogenated alkanes) is 18. The van der Waals surface area contributed by atoms with Crippen molar-refractivity contribution in [2.24, 2.45) is 17.8 Å². The molecule has 0 aliphatic heterocycles. The van der Waals surface area contributed by atoms with E-state index in [4.69, 9.17) is 4.74 Å². The predicted molar refractivity (Wildman–Crippen MR) is 178 cm³/mol. The van der Waals surface area contributed by atoms with Crippen molar-refractivity contribution in [2.75, 3.05) is 6.61 Å². The van der Waals surface area contributed by atoms with Gasteiger partial charge in [-0.05, 0) is 43.9 Å². The highest BCUT2D eigenvalue weighted by Gasteiger charge is 2.35. The van der Waals surface area contributed by atoms with E-state index in [0.29, 0.717) is 6.42 Å². The Hall–Kier alpha value is -0.570. The van der Waals surface area contributed by atoms with Crippen molar-refractivity contribution in [3.8, 4) is 0 Å². The summed E-state index contributed by atoms with van der Waals surface area (Å²) in [6, 6.07) is 0. The van der Waals surface area contributed by atoms with Crippen LogP contribution in [0.15, 0.2) is 0 Å². The van der Waals surface area contributed by atoms with Gasteiger partial charge in [-0.3, -0.25) is 4.79 Å². The molecule has 1 rings (SSSR count). The van der Waals surface area contributed by atoms with E-state index in [1.807, 2.05) is 0 Å². The van der Waals surface area contributed by atoms with Gasteiger partial charge in [0.15, 0.2) is 0 Å². The third-order valence-corrected chi connectivity index (χ3v) is 9.73. The van der Waals surface area contributed by atoms with Gasteiger partial charge in [-0.25, -0.2) is 0 Å². The molecule has 0 aromatic heterocycles. The van der Waals surface area contributed by atoms with Gasteiger partial charge in [0.25, 0.3) is 0 Å². The highest BCUT2D eigenvalue weighted by Crippen LogP contribution is 2.45. The number of carbonyl (C=O) groups is 1. The Balaban J connectivity index is 2.16. The number of aliphatic hydroxyl groups excluding tert-OH is 1. The maximum Gasteiger partial charge on any atom is 0.309 e. The minimum absolute atomic E-state index is 0.0170. The molecule has 0 heterocycles. The first-order valence-electron chi connectivity index (χ1n) is 19.0. The molecule has 0 spiro atoms. The summed E-state index contributed by atoms with van der Waals surface area (Å²) >= 11 is 0. The second kappa shape index (κ2) is 28.2. The second-order valence-electron chi connectivity index (χ2n) is 13.7. The number of esters is 1. The molecule has 1 saturated carbocycles. The molecule has 1 fully saturated rings. The van der Waals surface area contributed by atoms with Crippen molar-refractivity contribution in [1.29, 1.82) is 0 Å².